The Bertz CT molecular complexity index is 1150. The van der Waals surface area contributed by atoms with Gasteiger partial charge in [-0.3, -0.25) is 4.98 Å². The van der Waals surface area contributed by atoms with Crippen molar-refractivity contribution < 1.29 is 4.39 Å². The molecular weight excluding hydrogens is 367 g/mol. The number of aromatic nitrogens is 4. The van der Waals surface area contributed by atoms with Gasteiger partial charge < -0.3 is 15.6 Å². The predicted molar refractivity (Wildman–Crippen MR) is 114 cm³/mol. The Morgan fingerprint density at radius 3 is 2.69 bits per heavy atom. The topological polar surface area (TPSA) is 78.5 Å². The van der Waals surface area contributed by atoms with Gasteiger partial charge in [0.2, 0.25) is 0 Å². The Kier molecular flexibility index (Phi) is 5.12. The van der Waals surface area contributed by atoms with Gasteiger partial charge in [0.15, 0.2) is 0 Å². The molecule has 4 aromatic rings. The number of aromatic amines is 1. The van der Waals surface area contributed by atoms with Gasteiger partial charge in [-0.1, -0.05) is 6.07 Å². The lowest BCUT2D eigenvalue weighted by molar-refractivity contribution is 0.637. The van der Waals surface area contributed by atoms with Gasteiger partial charge in [0.1, 0.15) is 23.3 Å². The summed E-state index contributed by atoms with van der Waals surface area (Å²) in [6.07, 6.45) is 4.22. The van der Waals surface area contributed by atoms with Gasteiger partial charge in [0.25, 0.3) is 0 Å². The van der Waals surface area contributed by atoms with Crippen molar-refractivity contribution in [2.45, 2.75) is 27.2 Å². The number of hydrogen-bond donors (Lipinski definition) is 3. The fourth-order valence-corrected chi connectivity index (χ4v) is 3.58. The number of nitrogens with one attached hydrogen (secondary N) is 3. The first-order chi connectivity index (χ1) is 14.0. The third kappa shape index (κ3) is 4.03. The van der Waals surface area contributed by atoms with E-state index in [1.807, 2.05) is 45.0 Å². The van der Waals surface area contributed by atoms with Gasteiger partial charge in [-0.15, -0.1) is 0 Å². The molecule has 0 aliphatic carbocycles. The van der Waals surface area contributed by atoms with Crippen LogP contribution in [0.1, 0.15) is 22.6 Å². The largest absolute Gasteiger partial charge is 0.370 e. The molecule has 3 heterocycles. The second-order valence-corrected chi connectivity index (χ2v) is 7.07. The number of H-pyrrole nitrogens is 1. The van der Waals surface area contributed by atoms with E-state index in [-0.39, 0.29) is 5.82 Å². The average Bonchev–Trinajstić information content (AvgIpc) is 3.03. The molecule has 0 radical (unpaired) electrons. The number of halogens is 1. The summed E-state index contributed by atoms with van der Waals surface area (Å²) >= 11 is 0. The molecule has 0 spiro atoms. The Morgan fingerprint density at radius 1 is 1.07 bits per heavy atom. The summed E-state index contributed by atoms with van der Waals surface area (Å²) in [7, 11) is 0. The van der Waals surface area contributed by atoms with E-state index in [1.54, 1.807) is 12.4 Å². The van der Waals surface area contributed by atoms with Crippen LogP contribution in [0.5, 0.6) is 0 Å². The molecule has 148 valence electrons. The molecule has 0 unspecified atom stereocenters. The molecular formula is C22H23FN6. The van der Waals surface area contributed by atoms with Crippen LogP contribution in [0.25, 0.3) is 10.9 Å². The van der Waals surface area contributed by atoms with Gasteiger partial charge in [0.05, 0.1) is 17.4 Å². The third-order valence-corrected chi connectivity index (χ3v) is 4.88. The van der Waals surface area contributed by atoms with Crippen LogP contribution in [0.3, 0.4) is 0 Å². The summed E-state index contributed by atoms with van der Waals surface area (Å²) in [5, 5.41) is 7.57. The van der Waals surface area contributed by atoms with Gasteiger partial charge in [0, 0.05) is 29.9 Å². The number of benzene rings is 1. The van der Waals surface area contributed by atoms with Gasteiger partial charge >= 0.3 is 0 Å². The number of anilines is 3. The van der Waals surface area contributed by atoms with E-state index in [9.17, 15) is 4.39 Å². The molecule has 0 atom stereocenters. The zero-order valence-corrected chi connectivity index (χ0v) is 16.7. The Labute approximate surface area is 168 Å². The zero-order chi connectivity index (χ0) is 20.4. The third-order valence-electron chi connectivity index (χ3n) is 4.88. The van der Waals surface area contributed by atoms with E-state index in [4.69, 9.17) is 0 Å². The average molecular weight is 390 g/mol. The van der Waals surface area contributed by atoms with Crippen LogP contribution in [-0.2, 0) is 6.42 Å². The first-order valence-corrected chi connectivity index (χ1v) is 9.54. The lowest BCUT2D eigenvalue weighted by Gasteiger charge is -2.10. The molecule has 3 N–H and O–H groups in total. The number of pyridine rings is 1. The molecule has 7 heteroatoms. The van der Waals surface area contributed by atoms with Crippen molar-refractivity contribution in [3.63, 3.8) is 0 Å². The van der Waals surface area contributed by atoms with Gasteiger partial charge in [-0.25, -0.2) is 14.4 Å². The van der Waals surface area contributed by atoms with Gasteiger partial charge in [-0.05, 0) is 56.5 Å². The van der Waals surface area contributed by atoms with Crippen LogP contribution in [0.2, 0.25) is 0 Å². The molecule has 29 heavy (non-hydrogen) atoms. The minimum absolute atomic E-state index is 0.217. The Balaban J connectivity index is 1.50. The molecule has 0 saturated heterocycles. The normalized spacial score (nSPS) is 11.0. The molecule has 0 amide bonds. The van der Waals surface area contributed by atoms with Crippen molar-refractivity contribution in [3.05, 3.63) is 71.2 Å². The van der Waals surface area contributed by atoms with E-state index in [0.29, 0.717) is 23.7 Å². The number of fused-ring (bicyclic) bond motifs is 1. The summed E-state index contributed by atoms with van der Waals surface area (Å²) in [6.45, 7) is 6.53. The summed E-state index contributed by atoms with van der Waals surface area (Å²) in [5.74, 6) is 1.89. The molecule has 4 rings (SSSR count). The Hall–Kier alpha value is -3.48. The molecule has 0 aliphatic heterocycles. The number of hydrogen-bond acceptors (Lipinski definition) is 5. The highest BCUT2D eigenvalue weighted by molar-refractivity contribution is 5.88. The Morgan fingerprint density at radius 2 is 1.90 bits per heavy atom. The van der Waals surface area contributed by atoms with E-state index in [0.717, 1.165) is 40.1 Å². The van der Waals surface area contributed by atoms with Crippen molar-refractivity contribution in [1.82, 2.24) is 19.9 Å². The first kappa shape index (κ1) is 18.9. The molecule has 0 fully saturated rings. The highest BCUT2D eigenvalue weighted by Gasteiger charge is 2.14. The molecule has 0 saturated carbocycles. The SMILES string of the molecule is Cc1nc(NCCc2c(C)[nH]c3c(F)ccc(C)c23)cc(Nc2cccnc2)n1. The van der Waals surface area contributed by atoms with Crippen LogP contribution in [0, 0.1) is 26.6 Å². The summed E-state index contributed by atoms with van der Waals surface area (Å²) in [4.78, 5) is 16.2. The first-order valence-electron chi connectivity index (χ1n) is 9.54. The van der Waals surface area contributed by atoms with Crippen LogP contribution >= 0.6 is 0 Å². The number of aryl methyl sites for hydroxylation is 3. The minimum atomic E-state index is -0.217. The quantitative estimate of drug-likeness (QED) is 0.440. The van der Waals surface area contributed by atoms with E-state index in [2.05, 4.69) is 30.6 Å². The number of rotatable bonds is 6. The zero-order valence-electron chi connectivity index (χ0n) is 16.7. The molecule has 3 aromatic heterocycles. The fraction of sp³-hybridized carbons (Fsp3) is 0.227. The maximum absolute atomic E-state index is 14.1. The summed E-state index contributed by atoms with van der Waals surface area (Å²) in [6, 6.07) is 9.00. The standard InChI is InChI=1S/C22H23FN6/c1-13-6-7-18(23)22-21(13)17(14(2)26-22)8-10-25-19-11-20(28-15(3)27-19)29-16-5-4-9-24-12-16/h4-7,9,11-12,26H,8,10H2,1-3H3,(H2,25,27,28,29). The lowest BCUT2D eigenvalue weighted by atomic mass is 10.0. The second-order valence-electron chi connectivity index (χ2n) is 7.07. The van der Waals surface area contributed by atoms with Crippen molar-refractivity contribution in [1.29, 1.82) is 0 Å². The molecule has 1 aromatic carbocycles. The number of nitrogens with zero attached hydrogens (tertiary/aromatic N) is 3. The van der Waals surface area contributed by atoms with Crippen LogP contribution in [0.15, 0.2) is 42.7 Å². The van der Waals surface area contributed by atoms with Crippen molar-refractivity contribution in [2.75, 3.05) is 17.2 Å². The van der Waals surface area contributed by atoms with Crippen LogP contribution < -0.4 is 10.6 Å². The molecule has 6 nitrogen and oxygen atoms in total. The predicted octanol–water partition coefficient (Wildman–Crippen LogP) is 4.82. The van der Waals surface area contributed by atoms with Crippen molar-refractivity contribution >= 4 is 28.2 Å². The highest BCUT2D eigenvalue weighted by Crippen LogP contribution is 2.28. The highest BCUT2D eigenvalue weighted by atomic mass is 19.1. The minimum Gasteiger partial charge on any atom is -0.370 e. The van der Waals surface area contributed by atoms with Crippen molar-refractivity contribution in [3.8, 4) is 0 Å². The molecule has 0 bridgehead atoms. The van der Waals surface area contributed by atoms with Gasteiger partial charge in [-0.2, -0.15) is 0 Å². The second kappa shape index (κ2) is 7.87. The van der Waals surface area contributed by atoms with E-state index >= 15 is 0 Å². The lowest BCUT2D eigenvalue weighted by Crippen LogP contribution is -2.09. The van der Waals surface area contributed by atoms with Crippen LogP contribution in [-0.4, -0.2) is 26.5 Å². The van der Waals surface area contributed by atoms with E-state index < -0.39 is 0 Å². The summed E-state index contributed by atoms with van der Waals surface area (Å²) in [5.41, 5.74) is 4.64. The maximum Gasteiger partial charge on any atom is 0.147 e. The molecule has 0 aliphatic rings. The van der Waals surface area contributed by atoms with Crippen LogP contribution in [0.4, 0.5) is 21.7 Å². The van der Waals surface area contributed by atoms with E-state index in [1.165, 1.54) is 6.07 Å². The maximum atomic E-state index is 14.1. The monoisotopic (exact) mass is 390 g/mol. The van der Waals surface area contributed by atoms with Crippen molar-refractivity contribution in [2.24, 2.45) is 0 Å². The summed E-state index contributed by atoms with van der Waals surface area (Å²) < 4.78 is 14.1. The fourth-order valence-electron chi connectivity index (χ4n) is 3.58. The smallest absolute Gasteiger partial charge is 0.147 e.